The molecule has 0 unspecified atom stereocenters. The molecule has 47 heavy (non-hydrogen) atoms. The molecule has 3 heteroatoms. The summed E-state index contributed by atoms with van der Waals surface area (Å²) in [5, 5.41) is 9.32. The Morgan fingerprint density at radius 3 is 1.72 bits per heavy atom. The Bertz CT molecular complexity index is 2860. The van der Waals surface area contributed by atoms with Gasteiger partial charge in [0, 0.05) is 38.2 Å². The molecule has 3 aromatic heterocycles. The Morgan fingerprint density at radius 1 is 0.362 bits per heavy atom. The second-order valence-corrected chi connectivity index (χ2v) is 12.2. The van der Waals surface area contributed by atoms with Crippen LogP contribution in [0.2, 0.25) is 0 Å². The molecule has 0 saturated heterocycles. The van der Waals surface area contributed by atoms with Crippen molar-refractivity contribution in [2.24, 2.45) is 0 Å². The number of nitrogens with zero attached hydrogens (tertiary/aromatic N) is 2. The summed E-state index contributed by atoms with van der Waals surface area (Å²) in [5.41, 5.74) is 9.77. The molecule has 3 nitrogen and oxygen atoms in total. The van der Waals surface area contributed by atoms with Gasteiger partial charge in [-0.25, -0.2) is 9.97 Å². The number of hydrogen-bond donors (Lipinski definition) is 0. The average Bonchev–Trinajstić information content (AvgIpc) is 3.52. The molecule has 10 aromatic rings. The van der Waals surface area contributed by atoms with E-state index in [1.54, 1.807) is 0 Å². The second kappa shape index (κ2) is 10.1. The third-order valence-corrected chi connectivity index (χ3v) is 9.39. The fourth-order valence-corrected chi connectivity index (χ4v) is 7.01. The molecule has 0 fully saturated rings. The zero-order valence-corrected chi connectivity index (χ0v) is 25.3. The zero-order chi connectivity index (χ0) is 30.9. The first-order valence-corrected chi connectivity index (χ1v) is 15.9. The van der Waals surface area contributed by atoms with Gasteiger partial charge in [-0.05, 0) is 69.6 Å². The minimum atomic E-state index is 0.901. The van der Waals surface area contributed by atoms with E-state index in [2.05, 4.69) is 146 Å². The Hall–Kier alpha value is -6.32. The second-order valence-electron chi connectivity index (χ2n) is 12.2. The Labute approximate surface area is 270 Å². The summed E-state index contributed by atoms with van der Waals surface area (Å²) in [6.07, 6.45) is 0. The van der Waals surface area contributed by atoms with Crippen molar-refractivity contribution in [2.45, 2.75) is 0 Å². The number of rotatable bonds is 3. The molecule has 0 radical (unpaired) electrons. The van der Waals surface area contributed by atoms with E-state index in [1.165, 1.54) is 21.5 Å². The molecule has 7 aromatic carbocycles. The number of para-hydroxylation sites is 2. The van der Waals surface area contributed by atoms with Crippen molar-refractivity contribution in [3.05, 3.63) is 158 Å². The number of aromatic nitrogens is 2. The summed E-state index contributed by atoms with van der Waals surface area (Å²) in [5.74, 6) is 0. The van der Waals surface area contributed by atoms with Crippen LogP contribution in [0.15, 0.2) is 162 Å². The number of hydrogen-bond acceptors (Lipinski definition) is 3. The molecule has 10 rings (SSSR count). The van der Waals surface area contributed by atoms with Crippen LogP contribution in [0.5, 0.6) is 0 Å². The van der Waals surface area contributed by atoms with Crippen LogP contribution in [0, 0.1) is 0 Å². The van der Waals surface area contributed by atoms with Gasteiger partial charge < -0.3 is 4.42 Å². The third kappa shape index (κ3) is 4.21. The third-order valence-electron chi connectivity index (χ3n) is 9.39. The molecule has 0 atom stereocenters. The Morgan fingerprint density at radius 2 is 0.936 bits per heavy atom. The molecule has 218 valence electrons. The van der Waals surface area contributed by atoms with E-state index in [-0.39, 0.29) is 0 Å². The number of benzene rings is 7. The van der Waals surface area contributed by atoms with Crippen LogP contribution in [0.25, 0.3) is 98.9 Å². The van der Waals surface area contributed by atoms with Crippen molar-refractivity contribution in [1.82, 2.24) is 9.97 Å². The minimum absolute atomic E-state index is 0.901. The molecule has 0 N–H and O–H groups in total. The molecule has 0 aliphatic rings. The molecule has 3 heterocycles. The monoisotopic (exact) mass is 598 g/mol. The van der Waals surface area contributed by atoms with Gasteiger partial charge in [-0.1, -0.05) is 115 Å². The number of furan rings is 1. The molecule has 0 aliphatic heterocycles. The van der Waals surface area contributed by atoms with Gasteiger partial charge in [0.2, 0.25) is 0 Å². The molecule has 0 bridgehead atoms. The quantitative estimate of drug-likeness (QED) is 0.150. The zero-order valence-electron chi connectivity index (χ0n) is 25.3. The van der Waals surface area contributed by atoms with E-state index < -0.39 is 0 Å². The van der Waals surface area contributed by atoms with Gasteiger partial charge in [-0.3, -0.25) is 0 Å². The van der Waals surface area contributed by atoms with Crippen molar-refractivity contribution < 1.29 is 4.42 Å². The summed E-state index contributed by atoms with van der Waals surface area (Å²) in [6.45, 7) is 0. The average molecular weight is 599 g/mol. The number of fused-ring (bicyclic) bond motifs is 8. The van der Waals surface area contributed by atoms with Crippen LogP contribution in [0.1, 0.15) is 0 Å². The van der Waals surface area contributed by atoms with Gasteiger partial charge in [-0.15, -0.1) is 0 Å². The maximum absolute atomic E-state index is 6.36. The summed E-state index contributed by atoms with van der Waals surface area (Å²) < 4.78 is 6.36. The van der Waals surface area contributed by atoms with Gasteiger partial charge in [0.1, 0.15) is 11.2 Å². The summed E-state index contributed by atoms with van der Waals surface area (Å²) in [7, 11) is 0. The van der Waals surface area contributed by atoms with Crippen molar-refractivity contribution in [3.8, 4) is 33.6 Å². The van der Waals surface area contributed by atoms with E-state index in [0.717, 1.165) is 77.4 Å². The van der Waals surface area contributed by atoms with Crippen molar-refractivity contribution in [3.63, 3.8) is 0 Å². The molecule has 0 amide bonds. The lowest BCUT2D eigenvalue weighted by atomic mass is 9.99. The van der Waals surface area contributed by atoms with Gasteiger partial charge in [0.05, 0.1) is 22.4 Å². The number of pyridine rings is 2. The lowest BCUT2D eigenvalue weighted by Crippen LogP contribution is -1.91. The van der Waals surface area contributed by atoms with E-state index in [1.807, 2.05) is 12.1 Å². The fourth-order valence-electron chi connectivity index (χ4n) is 7.01. The topological polar surface area (TPSA) is 38.9 Å². The van der Waals surface area contributed by atoms with Crippen molar-refractivity contribution in [2.75, 3.05) is 0 Å². The maximum Gasteiger partial charge on any atom is 0.143 e. The lowest BCUT2D eigenvalue weighted by Gasteiger charge is -2.10. The predicted octanol–water partition coefficient (Wildman–Crippen LogP) is 12.0. The minimum Gasteiger partial charge on any atom is -0.455 e. The van der Waals surface area contributed by atoms with Crippen molar-refractivity contribution in [1.29, 1.82) is 0 Å². The fraction of sp³-hybridized carbons (Fsp3) is 0. The Balaban J connectivity index is 1.09. The van der Waals surface area contributed by atoms with Gasteiger partial charge in [0.25, 0.3) is 0 Å². The normalized spacial score (nSPS) is 11.8. The lowest BCUT2D eigenvalue weighted by molar-refractivity contribution is 0.670. The van der Waals surface area contributed by atoms with E-state index in [9.17, 15) is 0 Å². The predicted molar refractivity (Wildman–Crippen MR) is 196 cm³/mol. The van der Waals surface area contributed by atoms with E-state index >= 15 is 0 Å². The molecular formula is C44H26N2O. The molecule has 0 aliphatic carbocycles. The highest BCUT2D eigenvalue weighted by atomic mass is 16.3. The largest absolute Gasteiger partial charge is 0.455 e. The first-order valence-electron chi connectivity index (χ1n) is 15.9. The van der Waals surface area contributed by atoms with E-state index in [4.69, 9.17) is 14.4 Å². The highest BCUT2D eigenvalue weighted by molar-refractivity contribution is 6.10. The maximum atomic E-state index is 6.36. The molecule has 0 spiro atoms. The van der Waals surface area contributed by atoms with Crippen LogP contribution in [-0.2, 0) is 0 Å². The van der Waals surface area contributed by atoms with Gasteiger partial charge in [0.15, 0.2) is 0 Å². The van der Waals surface area contributed by atoms with Crippen LogP contribution in [0.4, 0.5) is 0 Å². The highest BCUT2D eigenvalue weighted by Crippen LogP contribution is 2.37. The summed E-state index contributed by atoms with van der Waals surface area (Å²) in [4.78, 5) is 10.5. The van der Waals surface area contributed by atoms with E-state index in [0.29, 0.717) is 0 Å². The SMILES string of the molecule is c1cc(-c2ccc3ccc4ccc(-c5ccc6cc7ccccc7cc6c5)nc4c3n2)cc(-c2cccc3c2oc2ccccc23)c1. The standard InChI is InChI=1S/C44H26N2O/c1-2-8-30-24-35-26-34(18-17-31(35)23-29(30)7-1)40-22-20-28-16-15-27-19-21-39(45-42(27)43(28)46-40)33-10-5-9-32(25-33)36-12-6-13-38-37-11-3-4-14-41(37)47-44(36)38/h1-26H. The highest BCUT2D eigenvalue weighted by Gasteiger charge is 2.14. The van der Waals surface area contributed by atoms with Crippen LogP contribution in [-0.4, -0.2) is 9.97 Å². The van der Waals surface area contributed by atoms with Crippen molar-refractivity contribution >= 4 is 65.3 Å². The van der Waals surface area contributed by atoms with Gasteiger partial charge >= 0.3 is 0 Å². The Kier molecular flexibility index (Phi) is 5.57. The first-order chi connectivity index (χ1) is 23.2. The van der Waals surface area contributed by atoms with Gasteiger partial charge in [-0.2, -0.15) is 0 Å². The smallest absolute Gasteiger partial charge is 0.143 e. The van der Waals surface area contributed by atoms with Crippen LogP contribution in [0.3, 0.4) is 0 Å². The summed E-state index contributed by atoms with van der Waals surface area (Å²) in [6, 6.07) is 55.6. The first kappa shape index (κ1) is 26.0. The summed E-state index contributed by atoms with van der Waals surface area (Å²) >= 11 is 0. The van der Waals surface area contributed by atoms with Crippen LogP contribution >= 0.6 is 0 Å². The molecular weight excluding hydrogens is 572 g/mol. The molecule has 0 saturated carbocycles. The van der Waals surface area contributed by atoms with Crippen LogP contribution < -0.4 is 0 Å².